The third kappa shape index (κ3) is 1.63. The Balaban J connectivity index is 2.14. The van der Waals surface area contributed by atoms with E-state index in [2.05, 4.69) is 21.1 Å². The summed E-state index contributed by atoms with van der Waals surface area (Å²) in [5.41, 5.74) is 8.88. The van der Waals surface area contributed by atoms with E-state index in [9.17, 15) is 0 Å². The summed E-state index contributed by atoms with van der Waals surface area (Å²) in [5, 5.41) is 4.07. The van der Waals surface area contributed by atoms with Crippen molar-refractivity contribution < 1.29 is 4.52 Å². The molecule has 0 atom stereocenters. The highest BCUT2D eigenvalue weighted by atomic mass is 79.9. The van der Waals surface area contributed by atoms with E-state index in [1.165, 1.54) is 12.8 Å². The van der Waals surface area contributed by atoms with Gasteiger partial charge in [-0.05, 0) is 30.5 Å². The van der Waals surface area contributed by atoms with Gasteiger partial charge in [0.1, 0.15) is 0 Å². The first kappa shape index (κ1) is 9.90. The number of hydrogen-bond acceptors (Lipinski definition) is 3. The monoisotopic (exact) mass is 278 g/mol. The molecule has 3 rings (SSSR count). The molecule has 16 heavy (non-hydrogen) atoms. The second kappa shape index (κ2) is 3.63. The molecule has 1 fully saturated rings. The first-order valence-corrected chi connectivity index (χ1v) is 6.06. The lowest BCUT2D eigenvalue weighted by atomic mass is 10.0. The fourth-order valence-corrected chi connectivity index (χ4v) is 2.28. The molecule has 2 aromatic rings. The van der Waals surface area contributed by atoms with Crippen molar-refractivity contribution >= 4 is 21.8 Å². The van der Waals surface area contributed by atoms with Gasteiger partial charge in [0.25, 0.3) is 0 Å². The number of nitrogen functional groups attached to an aromatic ring is 1. The van der Waals surface area contributed by atoms with E-state index in [-0.39, 0.29) is 0 Å². The Hall–Kier alpha value is -1.29. The molecule has 0 amide bonds. The molecule has 4 heteroatoms. The van der Waals surface area contributed by atoms with Crippen LogP contribution in [0, 0.1) is 0 Å². The summed E-state index contributed by atoms with van der Waals surface area (Å²) in [5.74, 6) is 0.954. The molecule has 0 radical (unpaired) electrons. The van der Waals surface area contributed by atoms with Gasteiger partial charge in [0.2, 0.25) is 5.88 Å². The predicted molar refractivity (Wildman–Crippen MR) is 66.0 cm³/mol. The molecular formula is C12H11BrN2O. The van der Waals surface area contributed by atoms with Crippen molar-refractivity contribution in [3.05, 3.63) is 34.4 Å². The molecule has 0 spiro atoms. The summed E-state index contributed by atoms with van der Waals surface area (Å²) < 4.78 is 6.14. The molecule has 1 aromatic heterocycles. The number of benzene rings is 1. The molecule has 0 bridgehead atoms. The SMILES string of the molecule is Nc1onc(C2CC2)c1-c1cccc(Br)c1. The number of hydrogen-bond donors (Lipinski definition) is 1. The van der Waals surface area contributed by atoms with Gasteiger partial charge in [-0.25, -0.2) is 0 Å². The predicted octanol–water partition coefficient (Wildman–Crippen LogP) is 3.56. The van der Waals surface area contributed by atoms with Crippen molar-refractivity contribution in [1.29, 1.82) is 0 Å². The van der Waals surface area contributed by atoms with Gasteiger partial charge in [-0.1, -0.05) is 33.2 Å². The minimum Gasteiger partial charge on any atom is -0.367 e. The smallest absolute Gasteiger partial charge is 0.230 e. The van der Waals surface area contributed by atoms with E-state index in [0.717, 1.165) is 21.3 Å². The van der Waals surface area contributed by atoms with Crippen molar-refractivity contribution in [1.82, 2.24) is 5.16 Å². The third-order valence-corrected chi connectivity index (χ3v) is 3.32. The minimum atomic E-state index is 0.417. The van der Waals surface area contributed by atoms with E-state index >= 15 is 0 Å². The van der Waals surface area contributed by atoms with Gasteiger partial charge < -0.3 is 10.3 Å². The molecular weight excluding hydrogens is 268 g/mol. The summed E-state index contributed by atoms with van der Waals surface area (Å²) in [6.07, 6.45) is 2.37. The maximum atomic E-state index is 5.84. The van der Waals surface area contributed by atoms with Gasteiger partial charge >= 0.3 is 0 Å². The highest BCUT2D eigenvalue weighted by Gasteiger charge is 2.31. The van der Waals surface area contributed by atoms with Crippen molar-refractivity contribution in [3.63, 3.8) is 0 Å². The lowest BCUT2D eigenvalue weighted by molar-refractivity contribution is 0.428. The molecule has 1 aliphatic carbocycles. The van der Waals surface area contributed by atoms with Crippen molar-refractivity contribution in [2.45, 2.75) is 18.8 Å². The fourth-order valence-electron chi connectivity index (χ4n) is 1.89. The van der Waals surface area contributed by atoms with Crippen LogP contribution in [0.15, 0.2) is 33.3 Å². The van der Waals surface area contributed by atoms with E-state index in [1.807, 2.05) is 24.3 Å². The Morgan fingerprint density at radius 1 is 1.38 bits per heavy atom. The Morgan fingerprint density at radius 2 is 2.19 bits per heavy atom. The average molecular weight is 279 g/mol. The van der Waals surface area contributed by atoms with Crippen LogP contribution in [0.1, 0.15) is 24.5 Å². The van der Waals surface area contributed by atoms with Crippen molar-refractivity contribution in [3.8, 4) is 11.1 Å². The number of aromatic nitrogens is 1. The summed E-state index contributed by atoms with van der Waals surface area (Å²) in [6.45, 7) is 0. The zero-order valence-corrected chi connectivity index (χ0v) is 10.2. The van der Waals surface area contributed by atoms with Crippen LogP contribution in [-0.4, -0.2) is 5.16 Å². The van der Waals surface area contributed by atoms with E-state index < -0.39 is 0 Å². The van der Waals surface area contributed by atoms with Gasteiger partial charge in [0.05, 0.1) is 11.3 Å². The second-order valence-electron chi connectivity index (χ2n) is 4.09. The molecule has 0 saturated heterocycles. The molecule has 1 aromatic carbocycles. The average Bonchev–Trinajstić information content (AvgIpc) is 3.02. The molecule has 1 aliphatic rings. The van der Waals surface area contributed by atoms with Crippen molar-refractivity contribution in [2.24, 2.45) is 0 Å². The van der Waals surface area contributed by atoms with E-state index in [4.69, 9.17) is 10.3 Å². The highest BCUT2D eigenvalue weighted by Crippen LogP contribution is 2.45. The third-order valence-electron chi connectivity index (χ3n) is 2.82. The van der Waals surface area contributed by atoms with Crippen LogP contribution in [0.25, 0.3) is 11.1 Å². The summed E-state index contributed by atoms with van der Waals surface area (Å²) in [6, 6.07) is 8.04. The fraction of sp³-hybridized carbons (Fsp3) is 0.250. The van der Waals surface area contributed by atoms with Gasteiger partial charge in [0.15, 0.2) is 0 Å². The lowest BCUT2D eigenvalue weighted by Crippen LogP contribution is -1.89. The number of halogens is 1. The molecule has 2 N–H and O–H groups in total. The Bertz CT molecular complexity index is 532. The summed E-state index contributed by atoms with van der Waals surface area (Å²) in [7, 11) is 0. The minimum absolute atomic E-state index is 0.417. The van der Waals surface area contributed by atoms with Crippen molar-refractivity contribution in [2.75, 3.05) is 5.73 Å². The highest BCUT2D eigenvalue weighted by molar-refractivity contribution is 9.10. The second-order valence-corrected chi connectivity index (χ2v) is 5.01. The largest absolute Gasteiger partial charge is 0.367 e. The van der Waals surface area contributed by atoms with E-state index in [1.54, 1.807) is 0 Å². The standard InChI is InChI=1S/C12H11BrN2O/c13-9-3-1-2-8(6-9)10-11(7-4-5-7)15-16-12(10)14/h1-3,6-7H,4-5,14H2. The molecule has 3 nitrogen and oxygen atoms in total. The first-order valence-electron chi connectivity index (χ1n) is 5.26. The zero-order chi connectivity index (χ0) is 11.1. The number of anilines is 1. The van der Waals surface area contributed by atoms with Crippen LogP contribution < -0.4 is 5.73 Å². The van der Waals surface area contributed by atoms with Gasteiger partial charge in [-0.3, -0.25) is 0 Å². The van der Waals surface area contributed by atoms with Crippen LogP contribution >= 0.6 is 15.9 Å². The Morgan fingerprint density at radius 3 is 2.88 bits per heavy atom. The van der Waals surface area contributed by atoms with Crippen LogP contribution in [0.3, 0.4) is 0 Å². The zero-order valence-electron chi connectivity index (χ0n) is 8.61. The number of nitrogens with zero attached hydrogens (tertiary/aromatic N) is 1. The van der Waals surface area contributed by atoms with Crippen LogP contribution in [-0.2, 0) is 0 Å². The van der Waals surface area contributed by atoms with Crippen LogP contribution in [0.5, 0.6) is 0 Å². The normalized spacial score (nSPS) is 15.3. The molecule has 1 heterocycles. The molecule has 1 saturated carbocycles. The topological polar surface area (TPSA) is 52.0 Å². The quantitative estimate of drug-likeness (QED) is 0.914. The lowest BCUT2D eigenvalue weighted by Gasteiger charge is -2.01. The number of nitrogens with two attached hydrogens (primary N) is 1. The number of rotatable bonds is 2. The van der Waals surface area contributed by atoms with E-state index in [0.29, 0.717) is 11.8 Å². The maximum Gasteiger partial charge on any atom is 0.230 e. The van der Waals surface area contributed by atoms with Crippen LogP contribution in [0.4, 0.5) is 5.88 Å². The maximum absolute atomic E-state index is 5.84. The summed E-state index contributed by atoms with van der Waals surface area (Å²) in [4.78, 5) is 0. The molecule has 0 unspecified atom stereocenters. The Labute approximate surface area is 102 Å². The Kier molecular flexibility index (Phi) is 2.24. The summed E-state index contributed by atoms with van der Waals surface area (Å²) >= 11 is 3.46. The molecule has 0 aliphatic heterocycles. The van der Waals surface area contributed by atoms with Gasteiger partial charge in [0, 0.05) is 10.4 Å². The van der Waals surface area contributed by atoms with Gasteiger partial charge in [-0.2, -0.15) is 0 Å². The van der Waals surface area contributed by atoms with Gasteiger partial charge in [-0.15, -0.1) is 0 Å². The van der Waals surface area contributed by atoms with Crippen LogP contribution in [0.2, 0.25) is 0 Å². The first-order chi connectivity index (χ1) is 7.75. The molecule has 82 valence electrons.